The number of Topliss-reactive ketones (excluding diaryl/α,β-unsaturated/α-hetero) is 1. The van der Waals surface area contributed by atoms with Crippen molar-refractivity contribution in [3.8, 4) is 5.75 Å². The van der Waals surface area contributed by atoms with Crippen LogP contribution in [0, 0.1) is 11.7 Å². The molecule has 1 fully saturated rings. The molecule has 3 rings (SSSR count). The third kappa shape index (κ3) is 5.21. The lowest BCUT2D eigenvalue weighted by atomic mass is 9.88. The van der Waals surface area contributed by atoms with Gasteiger partial charge >= 0.3 is 0 Å². The highest BCUT2D eigenvalue weighted by Gasteiger charge is 2.31. The summed E-state index contributed by atoms with van der Waals surface area (Å²) in [7, 11) is 1.60. The molecule has 1 aliphatic rings. The van der Waals surface area contributed by atoms with Gasteiger partial charge in [-0.3, -0.25) is 14.5 Å². The van der Waals surface area contributed by atoms with Gasteiger partial charge in [0.1, 0.15) is 11.6 Å². The molecule has 154 valence electrons. The number of hydrogen-bond donors (Lipinski definition) is 1. The number of piperidine rings is 1. The molecule has 1 saturated heterocycles. The quantitative estimate of drug-likeness (QED) is 0.712. The number of likely N-dealkylation sites (tertiary alicyclic amines) is 1. The molecule has 29 heavy (non-hydrogen) atoms. The van der Waals surface area contributed by atoms with E-state index < -0.39 is 0 Å². The summed E-state index contributed by atoms with van der Waals surface area (Å²) < 4.78 is 18.2. The Morgan fingerprint density at radius 2 is 1.72 bits per heavy atom. The fourth-order valence-electron chi connectivity index (χ4n) is 3.83. The number of nitrogens with zero attached hydrogens (tertiary/aromatic N) is 1. The molecule has 6 heteroatoms. The van der Waals surface area contributed by atoms with E-state index in [4.69, 9.17) is 4.74 Å². The summed E-state index contributed by atoms with van der Waals surface area (Å²) in [6.45, 7) is 3.37. The summed E-state index contributed by atoms with van der Waals surface area (Å²) in [5.41, 5.74) is 1.28. The Bertz CT molecular complexity index is 828. The molecule has 0 spiro atoms. The average molecular weight is 398 g/mol. The van der Waals surface area contributed by atoms with Crippen LogP contribution < -0.4 is 10.1 Å². The molecule has 0 radical (unpaired) electrons. The second-order valence-electron chi connectivity index (χ2n) is 7.32. The van der Waals surface area contributed by atoms with Crippen LogP contribution in [-0.4, -0.2) is 42.8 Å². The van der Waals surface area contributed by atoms with Crippen molar-refractivity contribution in [3.05, 3.63) is 59.9 Å². The van der Waals surface area contributed by atoms with E-state index in [-0.39, 0.29) is 29.5 Å². The SMILES string of the molecule is CC[C@H](C(=O)Nc1ccc(F)cc1)N1CCC(C(=O)c2ccc(OC)cc2)CC1. The van der Waals surface area contributed by atoms with Gasteiger partial charge in [-0.15, -0.1) is 0 Å². The van der Waals surface area contributed by atoms with Crippen molar-refractivity contribution >= 4 is 17.4 Å². The molecule has 1 aliphatic heterocycles. The number of benzene rings is 2. The van der Waals surface area contributed by atoms with Crippen molar-refractivity contribution in [2.45, 2.75) is 32.2 Å². The number of carbonyl (C=O) groups excluding carboxylic acids is 2. The predicted molar refractivity (Wildman–Crippen MR) is 111 cm³/mol. The molecule has 5 nitrogen and oxygen atoms in total. The molecule has 0 bridgehead atoms. The largest absolute Gasteiger partial charge is 0.497 e. The molecule has 1 atom stereocenters. The van der Waals surface area contributed by atoms with Crippen LogP contribution in [0.15, 0.2) is 48.5 Å². The summed E-state index contributed by atoms with van der Waals surface area (Å²) >= 11 is 0. The highest BCUT2D eigenvalue weighted by molar-refractivity contribution is 5.98. The maximum absolute atomic E-state index is 13.0. The minimum Gasteiger partial charge on any atom is -0.497 e. The third-order valence-corrected chi connectivity index (χ3v) is 5.52. The number of ether oxygens (including phenoxy) is 1. The number of anilines is 1. The van der Waals surface area contributed by atoms with E-state index in [0.29, 0.717) is 30.8 Å². The molecule has 2 aromatic carbocycles. The molecule has 1 heterocycles. The van der Waals surface area contributed by atoms with Crippen LogP contribution in [0.4, 0.5) is 10.1 Å². The van der Waals surface area contributed by atoms with Crippen molar-refractivity contribution in [2.75, 3.05) is 25.5 Å². The van der Waals surface area contributed by atoms with E-state index >= 15 is 0 Å². The Morgan fingerprint density at radius 1 is 1.10 bits per heavy atom. The van der Waals surface area contributed by atoms with Crippen molar-refractivity contribution in [1.82, 2.24) is 4.90 Å². The number of hydrogen-bond acceptors (Lipinski definition) is 4. The first-order chi connectivity index (χ1) is 14.0. The lowest BCUT2D eigenvalue weighted by molar-refractivity contribution is -0.121. The summed E-state index contributed by atoms with van der Waals surface area (Å²) in [6, 6.07) is 12.7. The van der Waals surface area contributed by atoms with Crippen LogP contribution in [0.5, 0.6) is 5.75 Å². The van der Waals surface area contributed by atoms with Gasteiger partial charge in [0.2, 0.25) is 5.91 Å². The van der Waals surface area contributed by atoms with Crippen LogP contribution in [0.2, 0.25) is 0 Å². The maximum atomic E-state index is 13.0. The van der Waals surface area contributed by atoms with Gasteiger partial charge in [0.05, 0.1) is 13.2 Å². The summed E-state index contributed by atoms with van der Waals surface area (Å²) in [4.78, 5) is 27.6. The number of rotatable bonds is 7. The van der Waals surface area contributed by atoms with Gasteiger partial charge in [0, 0.05) is 17.2 Å². The second kappa shape index (κ2) is 9.65. The number of methoxy groups -OCH3 is 1. The van der Waals surface area contributed by atoms with Gasteiger partial charge in [0.25, 0.3) is 0 Å². The fraction of sp³-hybridized carbons (Fsp3) is 0.391. The van der Waals surface area contributed by atoms with E-state index in [1.54, 1.807) is 43.5 Å². The Balaban J connectivity index is 1.56. The predicted octanol–water partition coefficient (Wildman–Crippen LogP) is 4.15. The molecule has 1 amide bonds. The number of ketones is 1. The molecular weight excluding hydrogens is 371 g/mol. The summed E-state index contributed by atoms with van der Waals surface area (Å²) in [5, 5.41) is 2.86. The lowest BCUT2D eigenvalue weighted by Crippen LogP contribution is -2.48. The molecule has 0 unspecified atom stereocenters. The maximum Gasteiger partial charge on any atom is 0.241 e. The zero-order chi connectivity index (χ0) is 20.8. The highest BCUT2D eigenvalue weighted by Crippen LogP contribution is 2.25. The second-order valence-corrected chi connectivity index (χ2v) is 7.32. The minimum atomic E-state index is -0.335. The molecular formula is C23H27FN2O3. The number of nitrogens with one attached hydrogen (secondary N) is 1. The zero-order valence-corrected chi connectivity index (χ0v) is 16.9. The minimum absolute atomic E-state index is 0.0303. The summed E-state index contributed by atoms with van der Waals surface area (Å²) in [5.74, 6) is 0.417. The van der Waals surface area contributed by atoms with E-state index in [1.807, 2.05) is 6.92 Å². The van der Waals surface area contributed by atoms with E-state index in [9.17, 15) is 14.0 Å². The first-order valence-corrected chi connectivity index (χ1v) is 10.0. The average Bonchev–Trinajstić information content (AvgIpc) is 2.76. The fourth-order valence-corrected chi connectivity index (χ4v) is 3.83. The standard InChI is InChI=1S/C23H27FN2O3/c1-3-21(23(28)25-19-8-6-18(24)7-9-19)26-14-12-17(13-15-26)22(27)16-4-10-20(29-2)11-5-16/h4-11,17,21H,3,12-15H2,1-2H3,(H,25,28)/t21-/m1/s1. The van der Waals surface area contributed by atoms with Gasteiger partial charge in [-0.05, 0) is 80.9 Å². The van der Waals surface area contributed by atoms with E-state index in [0.717, 1.165) is 18.6 Å². The Kier molecular flexibility index (Phi) is 6.99. The van der Waals surface area contributed by atoms with Gasteiger partial charge < -0.3 is 10.1 Å². The number of amides is 1. The first-order valence-electron chi connectivity index (χ1n) is 10.0. The smallest absolute Gasteiger partial charge is 0.241 e. The van der Waals surface area contributed by atoms with Gasteiger partial charge in [-0.2, -0.15) is 0 Å². The van der Waals surface area contributed by atoms with E-state index in [2.05, 4.69) is 10.2 Å². The Labute approximate surface area is 170 Å². The van der Waals surface area contributed by atoms with Gasteiger partial charge in [-0.25, -0.2) is 4.39 Å². The number of halogens is 1. The van der Waals surface area contributed by atoms with Gasteiger partial charge in [-0.1, -0.05) is 6.92 Å². The van der Waals surface area contributed by atoms with E-state index in [1.165, 1.54) is 12.1 Å². The normalized spacial score (nSPS) is 16.2. The zero-order valence-electron chi connectivity index (χ0n) is 16.9. The van der Waals surface area contributed by atoms with Crippen molar-refractivity contribution in [2.24, 2.45) is 5.92 Å². The topological polar surface area (TPSA) is 58.6 Å². The van der Waals surface area contributed by atoms with Crippen LogP contribution in [0.25, 0.3) is 0 Å². The Morgan fingerprint density at radius 3 is 2.28 bits per heavy atom. The summed E-state index contributed by atoms with van der Waals surface area (Å²) in [6.07, 6.45) is 2.13. The van der Waals surface area contributed by atoms with Gasteiger partial charge in [0.15, 0.2) is 5.78 Å². The molecule has 0 aromatic heterocycles. The number of carbonyl (C=O) groups is 2. The van der Waals surface area contributed by atoms with Crippen LogP contribution in [0.1, 0.15) is 36.5 Å². The lowest BCUT2D eigenvalue weighted by Gasteiger charge is -2.36. The molecule has 1 N–H and O–H groups in total. The molecule has 0 aliphatic carbocycles. The van der Waals surface area contributed by atoms with Crippen LogP contribution in [0.3, 0.4) is 0 Å². The van der Waals surface area contributed by atoms with Crippen LogP contribution >= 0.6 is 0 Å². The van der Waals surface area contributed by atoms with Crippen LogP contribution in [-0.2, 0) is 4.79 Å². The molecule has 2 aromatic rings. The highest BCUT2D eigenvalue weighted by atomic mass is 19.1. The van der Waals surface area contributed by atoms with Crippen molar-refractivity contribution in [3.63, 3.8) is 0 Å². The van der Waals surface area contributed by atoms with Crippen molar-refractivity contribution in [1.29, 1.82) is 0 Å². The van der Waals surface area contributed by atoms with Crippen molar-refractivity contribution < 1.29 is 18.7 Å². The third-order valence-electron chi connectivity index (χ3n) is 5.52. The molecule has 0 saturated carbocycles. The Hall–Kier alpha value is -2.73. The first kappa shape index (κ1) is 21.0. The monoisotopic (exact) mass is 398 g/mol.